The van der Waals surface area contributed by atoms with Crippen LogP contribution in [0.3, 0.4) is 0 Å². The number of ether oxygens (including phenoxy) is 1. The fourth-order valence-electron chi connectivity index (χ4n) is 2.21. The molecule has 0 radical (unpaired) electrons. The Morgan fingerprint density at radius 3 is 2.92 bits per heavy atom. The predicted molar refractivity (Wildman–Crippen MR) is 84.2 cm³/mol. The predicted octanol–water partition coefficient (Wildman–Crippen LogP) is 1.95. The number of nitrogens with zero attached hydrogens (tertiary/aromatic N) is 4. The van der Waals surface area contributed by atoms with Crippen molar-refractivity contribution in [2.24, 2.45) is 0 Å². The lowest BCUT2D eigenvalue weighted by Gasteiger charge is -2.02. The number of rotatable bonds is 4. The van der Waals surface area contributed by atoms with E-state index in [1.54, 1.807) is 36.7 Å². The van der Waals surface area contributed by atoms with Gasteiger partial charge < -0.3 is 9.72 Å². The Morgan fingerprint density at radius 1 is 1.12 bits per heavy atom. The minimum absolute atomic E-state index is 0.00868. The van der Waals surface area contributed by atoms with Crippen LogP contribution in [0.4, 0.5) is 0 Å². The van der Waals surface area contributed by atoms with Crippen molar-refractivity contribution < 1.29 is 9.26 Å². The minimum atomic E-state index is -0.222. The van der Waals surface area contributed by atoms with Gasteiger partial charge in [0.1, 0.15) is 5.82 Å². The van der Waals surface area contributed by atoms with Crippen molar-refractivity contribution in [2.45, 2.75) is 6.61 Å². The van der Waals surface area contributed by atoms with Gasteiger partial charge in [-0.3, -0.25) is 14.3 Å². The average Bonchev–Trinajstić information content (AvgIpc) is 3.10. The van der Waals surface area contributed by atoms with Gasteiger partial charge in [-0.15, -0.1) is 0 Å². The number of nitrogens with one attached hydrogen (secondary N) is 1. The number of hydrogen-bond donors (Lipinski definition) is 1. The molecule has 0 aliphatic rings. The standard InChI is InChI=1S/C16H11N5O3/c22-15-11-5-1-2-6-12(11)18-13(19-15)9-23-16-20-14(21-24-16)10-4-3-7-17-8-10/h1-8H,9H2,(H,18,19,22). The average molecular weight is 321 g/mol. The molecule has 0 unspecified atom stereocenters. The molecule has 1 aromatic carbocycles. The number of benzene rings is 1. The molecular formula is C16H11N5O3. The number of fused-ring (bicyclic) bond motifs is 1. The molecule has 24 heavy (non-hydrogen) atoms. The Balaban J connectivity index is 1.53. The van der Waals surface area contributed by atoms with Crippen molar-refractivity contribution in [3.05, 3.63) is 65.0 Å². The van der Waals surface area contributed by atoms with Gasteiger partial charge in [-0.05, 0) is 24.3 Å². The van der Waals surface area contributed by atoms with Crippen LogP contribution in [0.5, 0.6) is 6.08 Å². The van der Waals surface area contributed by atoms with Gasteiger partial charge in [0.2, 0.25) is 5.82 Å². The molecule has 0 aliphatic carbocycles. The molecule has 0 aliphatic heterocycles. The van der Waals surface area contributed by atoms with Crippen LogP contribution in [-0.2, 0) is 6.61 Å². The van der Waals surface area contributed by atoms with E-state index in [4.69, 9.17) is 9.26 Å². The van der Waals surface area contributed by atoms with Crippen LogP contribution in [-0.4, -0.2) is 25.1 Å². The zero-order valence-electron chi connectivity index (χ0n) is 12.3. The molecule has 3 aromatic heterocycles. The lowest BCUT2D eigenvalue weighted by molar-refractivity contribution is 0.190. The van der Waals surface area contributed by atoms with Gasteiger partial charge in [0.25, 0.3) is 5.56 Å². The van der Waals surface area contributed by atoms with Crippen molar-refractivity contribution in [3.8, 4) is 17.5 Å². The quantitative estimate of drug-likeness (QED) is 0.612. The molecule has 0 saturated heterocycles. The summed E-state index contributed by atoms with van der Waals surface area (Å²) in [6.45, 7) is 0.00868. The first kappa shape index (κ1) is 14.1. The molecule has 3 heterocycles. The van der Waals surface area contributed by atoms with Crippen LogP contribution in [0, 0.1) is 0 Å². The maximum absolute atomic E-state index is 12.0. The Morgan fingerprint density at radius 2 is 2.04 bits per heavy atom. The van der Waals surface area contributed by atoms with Gasteiger partial charge in [-0.25, -0.2) is 4.98 Å². The van der Waals surface area contributed by atoms with E-state index in [9.17, 15) is 4.79 Å². The number of aromatic amines is 1. The van der Waals surface area contributed by atoms with Crippen molar-refractivity contribution in [1.82, 2.24) is 25.1 Å². The summed E-state index contributed by atoms with van der Waals surface area (Å²) in [7, 11) is 0. The van der Waals surface area contributed by atoms with Gasteiger partial charge in [-0.2, -0.15) is 4.98 Å². The number of pyridine rings is 1. The molecule has 0 spiro atoms. The van der Waals surface area contributed by atoms with E-state index in [-0.39, 0.29) is 18.2 Å². The third-order valence-corrected chi connectivity index (χ3v) is 3.32. The summed E-state index contributed by atoms with van der Waals surface area (Å²) in [5, 5.41) is 4.35. The molecule has 0 bridgehead atoms. The van der Waals surface area contributed by atoms with E-state index in [1.165, 1.54) is 0 Å². The normalized spacial score (nSPS) is 10.8. The van der Waals surface area contributed by atoms with Gasteiger partial charge in [0.15, 0.2) is 6.61 Å². The summed E-state index contributed by atoms with van der Waals surface area (Å²) in [6, 6.07) is 10.7. The second-order valence-corrected chi connectivity index (χ2v) is 4.94. The summed E-state index contributed by atoms with van der Waals surface area (Å²) in [5.41, 5.74) is 1.09. The molecule has 8 heteroatoms. The maximum atomic E-state index is 12.0. The van der Waals surface area contributed by atoms with Crippen LogP contribution < -0.4 is 10.3 Å². The summed E-state index contributed by atoms with van der Waals surface area (Å²) in [5.74, 6) is 0.748. The van der Waals surface area contributed by atoms with Crippen molar-refractivity contribution in [3.63, 3.8) is 0 Å². The summed E-state index contributed by atoms with van der Waals surface area (Å²) in [4.78, 5) is 27.1. The molecular weight excluding hydrogens is 310 g/mol. The molecule has 0 atom stereocenters. The Labute approximate surface area is 135 Å². The van der Waals surface area contributed by atoms with Gasteiger partial charge in [-0.1, -0.05) is 17.3 Å². The lowest BCUT2D eigenvalue weighted by atomic mass is 10.2. The Bertz CT molecular complexity index is 1040. The monoisotopic (exact) mass is 321 g/mol. The van der Waals surface area contributed by atoms with Gasteiger partial charge in [0, 0.05) is 18.0 Å². The fourth-order valence-corrected chi connectivity index (χ4v) is 2.21. The second kappa shape index (κ2) is 5.92. The van der Waals surface area contributed by atoms with Gasteiger partial charge >= 0.3 is 6.08 Å². The highest BCUT2D eigenvalue weighted by molar-refractivity contribution is 5.77. The van der Waals surface area contributed by atoms with Crippen LogP contribution in [0.25, 0.3) is 22.3 Å². The zero-order valence-corrected chi connectivity index (χ0v) is 12.3. The Hall–Kier alpha value is -3.55. The van der Waals surface area contributed by atoms with E-state index in [1.807, 2.05) is 12.1 Å². The Kier molecular flexibility index (Phi) is 3.47. The number of hydrogen-bond acceptors (Lipinski definition) is 7. The fraction of sp³-hybridized carbons (Fsp3) is 0.0625. The molecule has 0 saturated carbocycles. The van der Waals surface area contributed by atoms with Crippen molar-refractivity contribution >= 4 is 10.9 Å². The smallest absolute Gasteiger partial charge is 0.418 e. The molecule has 4 rings (SSSR count). The number of aromatic nitrogens is 5. The third kappa shape index (κ3) is 2.72. The highest BCUT2D eigenvalue weighted by atomic mass is 16.6. The first-order chi connectivity index (χ1) is 11.8. The highest BCUT2D eigenvalue weighted by Gasteiger charge is 2.11. The van der Waals surface area contributed by atoms with E-state index in [0.717, 1.165) is 0 Å². The molecule has 8 nitrogen and oxygen atoms in total. The van der Waals surface area contributed by atoms with Crippen LogP contribution in [0.2, 0.25) is 0 Å². The lowest BCUT2D eigenvalue weighted by Crippen LogP contribution is -2.13. The van der Waals surface area contributed by atoms with Crippen molar-refractivity contribution in [1.29, 1.82) is 0 Å². The number of para-hydroxylation sites is 1. The van der Waals surface area contributed by atoms with Crippen LogP contribution in [0.15, 0.2) is 58.1 Å². The first-order valence-electron chi connectivity index (χ1n) is 7.14. The van der Waals surface area contributed by atoms with Crippen LogP contribution in [0.1, 0.15) is 5.82 Å². The van der Waals surface area contributed by atoms with E-state index in [2.05, 4.69) is 25.1 Å². The topological polar surface area (TPSA) is 107 Å². The maximum Gasteiger partial charge on any atom is 0.418 e. The highest BCUT2D eigenvalue weighted by Crippen LogP contribution is 2.17. The zero-order chi connectivity index (χ0) is 16.4. The molecule has 1 N–H and O–H groups in total. The third-order valence-electron chi connectivity index (χ3n) is 3.32. The van der Waals surface area contributed by atoms with E-state index < -0.39 is 0 Å². The SMILES string of the molecule is O=c1[nH]c(COc2nc(-c3cccnc3)no2)nc2ccccc12. The van der Waals surface area contributed by atoms with Crippen LogP contribution >= 0.6 is 0 Å². The van der Waals surface area contributed by atoms with Crippen molar-refractivity contribution in [2.75, 3.05) is 0 Å². The molecule has 118 valence electrons. The van der Waals surface area contributed by atoms with Gasteiger partial charge in [0.05, 0.1) is 10.9 Å². The molecule has 4 aromatic rings. The molecule has 0 fully saturated rings. The summed E-state index contributed by atoms with van der Waals surface area (Å²) < 4.78 is 10.4. The van der Waals surface area contributed by atoms with E-state index >= 15 is 0 Å². The summed E-state index contributed by atoms with van der Waals surface area (Å²) >= 11 is 0. The minimum Gasteiger partial charge on any atom is -0.441 e. The van der Waals surface area contributed by atoms with E-state index in [0.29, 0.717) is 28.1 Å². The largest absolute Gasteiger partial charge is 0.441 e. The number of H-pyrrole nitrogens is 1. The first-order valence-corrected chi connectivity index (χ1v) is 7.14. The molecule has 0 amide bonds. The second-order valence-electron chi connectivity index (χ2n) is 4.94. The summed E-state index contributed by atoms with van der Waals surface area (Å²) in [6.07, 6.45) is 3.27.